The predicted octanol–water partition coefficient (Wildman–Crippen LogP) is 14.6. The monoisotopic (exact) mass is 1120 g/mol. The summed E-state index contributed by atoms with van der Waals surface area (Å²) in [5, 5.41) is 31.6. The minimum atomic E-state index is -0.231. The fourth-order valence-corrected chi connectivity index (χ4v) is 10.8. The molecule has 4 aromatic rings. The normalized spacial score (nSPS) is 14.7. The Kier molecular flexibility index (Phi) is 22.0. The van der Waals surface area contributed by atoms with Crippen LogP contribution in [-0.4, -0.2) is 74.8 Å². The van der Waals surface area contributed by atoms with Gasteiger partial charge in [-0.15, -0.1) is 0 Å². The first-order valence-electron chi connectivity index (χ1n) is 30.5. The van der Waals surface area contributed by atoms with Crippen molar-refractivity contribution in [1.82, 2.24) is 10.6 Å². The second-order valence-corrected chi connectivity index (χ2v) is 27.2. The number of hydrogen-bond donors (Lipinski definition) is 4. The zero-order valence-corrected chi connectivity index (χ0v) is 51.9. The number of fused-ring (bicyclic) bond motifs is 8. The van der Waals surface area contributed by atoms with Crippen LogP contribution in [0, 0.1) is 11.8 Å². The number of phenols is 2. The number of rotatable bonds is 24. The molecule has 10 heteroatoms. The number of phenolic OH excluding ortho intramolecular Hbond substituents is 2. The molecule has 4 aromatic carbocycles. The van der Waals surface area contributed by atoms with E-state index in [0.717, 1.165) is 104 Å². The molecule has 0 heterocycles. The minimum Gasteiger partial charge on any atom is -0.507 e. The Balaban J connectivity index is 1.18. The first-order chi connectivity index (χ1) is 38.8. The second-order valence-electron chi connectivity index (χ2n) is 27.2. The van der Waals surface area contributed by atoms with Crippen LogP contribution in [0.2, 0.25) is 0 Å². The number of hydrogen-bond acceptors (Lipinski definition) is 8. The lowest BCUT2D eigenvalue weighted by atomic mass is 9.79. The van der Waals surface area contributed by atoms with Crippen molar-refractivity contribution in [2.24, 2.45) is 11.8 Å². The molecular weight excluding hydrogens is 1020 g/mol. The van der Waals surface area contributed by atoms with Gasteiger partial charge in [-0.25, -0.2) is 0 Å². The summed E-state index contributed by atoms with van der Waals surface area (Å²) in [5.74, 6) is 2.91. The fraction of sp³-hybridized carbons (Fsp3) is 0.528. The van der Waals surface area contributed by atoms with Crippen LogP contribution in [0.15, 0.2) is 97.1 Å². The van der Waals surface area contributed by atoms with Gasteiger partial charge in [0.25, 0.3) is 0 Å². The van der Waals surface area contributed by atoms with Crippen LogP contribution in [-0.2, 0) is 66.4 Å². The second kappa shape index (κ2) is 28.5. The third-order valence-corrected chi connectivity index (χ3v) is 16.0. The minimum absolute atomic E-state index is 0.0735. The summed E-state index contributed by atoms with van der Waals surface area (Å²) in [7, 11) is 0. The SMILES string of the molecule is CC(C)(C)c1cc2c(O)c(c1)Cc1cc(C(C)(C)C)cc(c1OCCCOCCCNC(=O)CCC1C=CC=C1)Cc1cc(C(C)(C)C)cc(c1O)Cc1cc(C(C)(C)C)cc(c1OCCCOCCCNC(=O)CCC1C=CC=C1)C2. The smallest absolute Gasteiger partial charge is 0.220 e. The van der Waals surface area contributed by atoms with E-state index in [0.29, 0.717) is 116 Å². The number of nitrogens with one attached hydrogen (secondary N) is 2. The third-order valence-electron chi connectivity index (χ3n) is 16.0. The van der Waals surface area contributed by atoms with Gasteiger partial charge in [-0.3, -0.25) is 9.59 Å². The van der Waals surface area contributed by atoms with E-state index in [1.807, 2.05) is 24.3 Å². The molecule has 82 heavy (non-hydrogen) atoms. The van der Waals surface area contributed by atoms with Gasteiger partial charge in [0.05, 0.1) is 13.2 Å². The molecule has 0 saturated heterocycles. The molecule has 3 aliphatic carbocycles. The van der Waals surface area contributed by atoms with Crippen LogP contribution in [0.25, 0.3) is 0 Å². The van der Waals surface area contributed by atoms with Crippen LogP contribution < -0.4 is 20.1 Å². The Hall–Kier alpha value is -6.10. The number of benzene rings is 4. The van der Waals surface area contributed by atoms with Gasteiger partial charge in [-0.05, 0) is 126 Å². The highest BCUT2D eigenvalue weighted by Gasteiger charge is 2.29. The van der Waals surface area contributed by atoms with E-state index in [4.69, 9.17) is 18.9 Å². The molecule has 444 valence electrons. The first kappa shape index (κ1) is 63.5. The molecule has 0 saturated carbocycles. The summed E-state index contributed by atoms with van der Waals surface area (Å²) in [6.07, 6.45) is 23.8. The van der Waals surface area contributed by atoms with Crippen LogP contribution >= 0.6 is 0 Å². The zero-order valence-electron chi connectivity index (χ0n) is 51.9. The number of carbonyl (C=O) groups is 2. The lowest BCUT2D eigenvalue weighted by Gasteiger charge is -2.28. The van der Waals surface area contributed by atoms with Crippen LogP contribution in [0.3, 0.4) is 0 Å². The first-order valence-corrected chi connectivity index (χ1v) is 30.5. The molecule has 0 unspecified atom stereocenters. The number of allylic oxidation sites excluding steroid dienone is 8. The van der Waals surface area contributed by atoms with Crippen molar-refractivity contribution in [2.45, 2.75) is 182 Å². The number of aromatic hydroxyl groups is 2. The molecule has 4 N–H and O–H groups in total. The molecule has 0 atom stereocenters. The van der Waals surface area contributed by atoms with Gasteiger partial charge < -0.3 is 39.8 Å². The molecule has 7 rings (SSSR count). The Labute approximate surface area is 492 Å². The summed E-state index contributed by atoms with van der Waals surface area (Å²) in [5.41, 5.74) is 10.8. The molecule has 8 bridgehead atoms. The van der Waals surface area contributed by atoms with Crippen molar-refractivity contribution in [1.29, 1.82) is 0 Å². The van der Waals surface area contributed by atoms with E-state index in [1.165, 1.54) is 0 Å². The van der Waals surface area contributed by atoms with Gasteiger partial charge in [-0.1, -0.05) is 180 Å². The molecule has 2 amide bonds. The van der Waals surface area contributed by atoms with Crippen molar-refractivity contribution < 1.29 is 38.7 Å². The maximum absolute atomic E-state index is 12.8. The van der Waals surface area contributed by atoms with Crippen molar-refractivity contribution in [3.8, 4) is 23.0 Å². The molecule has 10 nitrogen and oxygen atoms in total. The van der Waals surface area contributed by atoms with E-state index in [2.05, 4.69) is 167 Å². The summed E-state index contributed by atoms with van der Waals surface area (Å²) in [6, 6.07) is 17.7. The maximum atomic E-state index is 12.8. The van der Waals surface area contributed by atoms with E-state index in [-0.39, 0.29) is 45.0 Å². The number of ether oxygens (including phenoxy) is 4. The Morgan fingerprint density at radius 2 is 0.683 bits per heavy atom. The van der Waals surface area contributed by atoms with Crippen LogP contribution in [0.4, 0.5) is 0 Å². The summed E-state index contributed by atoms with van der Waals surface area (Å²) in [4.78, 5) is 24.9. The quantitative estimate of drug-likeness (QED) is 0.0449. The Morgan fingerprint density at radius 1 is 0.415 bits per heavy atom. The third kappa shape index (κ3) is 18.4. The van der Waals surface area contributed by atoms with E-state index in [1.54, 1.807) is 0 Å². The van der Waals surface area contributed by atoms with Gasteiger partial charge in [0, 0.05) is 90.9 Å². The van der Waals surface area contributed by atoms with Gasteiger partial charge >= 0.3 is 0 Å². The highest BCUT2D eigenvalue weighted by atomic mass is 16.5. The van der Waals surface area contributed by atoms with Gasteiger partial charge in [0.2, 0.25) is 11.8 Å². The highest BCUT2D eigenvalue weighted by Crippen LogP contribution is 2.44. The lowest BCUT2D eigenvalue weighted by molar-refractivity contribution is -0.122. The highest BCUT2D eigenvalue weighted by molar-refractivity contribution is 5.76. The van der Waals surface area contributed by atoms with Gasteiger partial charge in [0.15, 0.2) is 0 Å². The zero-order chi connectivity index (χ0) is 59.2. The molecule has 0 spiro atoms. The Bertz CT molecular complexity index is 2630. The number of amides is 2. The summed E-state index contributed by atoms with van der Waals surface area (Å²) in [6.45, 7) is 30.8. The predicted molar refractivity (Wildman–Crippen MR) is 334 cm³/mol. The molecule has 0 aromatic heterocycles. The van der Waals surface area contributed by atoms with E-state index in [9.17, 15) is 19.8 Å². The average molecular weight is 1120 g/mol. The standard InChI is InChI=1S/C72H98N2O8/c1-69(2,3)59-41-51-37-55-45-61(71(7,8)9)47-57(67(55)81-35-19-33-79-31-17-29-73-63(75)27-25-49-21-13-14-22-49)39-53-43-60(70(4,5)6)44-54(66(53)78)40-58-48-62(72(10,11)12)46-56(38-52(42-59)65(51)77)68(58)82-36-20-34-80-32-18-30-74-64(76)28-26-50-23-15-16-24-50/h13-16,21-24,41-50,77-78H,17-20,25-40H2,1-12H3,(H,73,75)(H,74,76). The fourth-order valence-electron chi connectivity index (χ4n) is 10.8. The Morgan fingerprint density at radius 3 is 0.963 bits per heavy atom. The van der Waals surface area contributed by atoms with E-state index < -0.39 is 0 Å². The summed E-state index contributed by atoms with van der Waals surface area (Å²) >= 11 is 0. The van der Waals surface area contributed by atoms with Crippen LogP contribution in [0.1, 0.15) is 201 Å². The summed E-state index contributed by atoms with van der Waals surface area (Å²) < 4.78 is 26.1. The molecule has 3 aliphatic rings. The lowest BCUT2D eigenvalue weighted by Crippen LogP contribution is -2.25. The molecule has 0 aliphatic heterocycles. The van der Waals surface area contributed by atoms with Crippen molar-refractivity contribution >= 4 is 11.8 Å². The van der Waals surface area contributed by atoms with Gasteiger partial charge in [-0.2, -0.15) is 0 Å². The van der Waals surface area contributed by atoms with Crippen molar-refractivity contribution in [3.63, 3.8) is 0 Å². The molecular formula is C72H98N2O8. The van der Waals surface area contributed by atoms with E-state index >= 15 is 0 Å². The average Bonchev–Trinajstić information content (AvgIpc) is 3.91. The maximum Gasteiger partial charge on any atom is 0.220 e. The van der Waals surface area contributed by atoms with Crippen molar-refractivity contribution in [2.75, 3.05) is 52.7 Å². The van der Waals surface area contributed by atoms with Crippen LogP contribution in [0.5, 0.6) is 23.0 Å². The topological polar surface area (TPSA) is 136 Å². The molecule has 0 radical (unpaired) electrons. The van der Waals surface area contributed by atoms with Gasteiger partial charge in [0.1, 0.15) is 23.0 Å². The van der Waals surface area contributed by atoms with Crippen molar-refractivity contribution in [3.05, 3.63) is 164 Å². The largest absolute Gasteiger partial charge is 0.507 e. The molecule has 0 fully saturated rings. The number of carbonyl (C=O) groups excluding carboxylic acids is 2.